The standard InChI is InChI=1S/C23H28Cl2N6O3/c1-2-8-30(20(33)14-32)9-7-26-11-16-10-17(24)12-27-23(16)34-19-6-5-18-22(21(19)25)28-29-31(18)13-15-3-4-15/h5-6,10,12,15,26,32H,2-4,7-9,11,13-14H2,1H3. The van der Waals surface area contributed by atoms with Crippen molar-refractivity contribution < 1.29 is 14.6 Å². The van der Waals surface area contributed by atoms with Crippen LogP contribution >= 0.6 is 23.2 Å². The molecule has 0 spiro atoms. The number of carbonyl (C=O) groups is 1. The molecule has 182 valence electrons. The van der Waals surface area contributed by atoms with Crippen LogP contribution < -0.4 is 10.1 Å². The van der Waals surface area contributed by atoms with Crippen LogP contribution in [0, 0.1) is 5.92 Å². The van der Waals surface area contributed by atoms with E-state index < -0.39 is 6.61 Å². The number of nitrogens with zero attached hydrogens (tertiary/aromatic N) is 5. The van der Waals surface area contributed by atoms with Crippen molar-refractivity contribution in [2.24, 2.45) is 5.92 Å². The molecule has 2 N–H and O–H groups in total. The quantitative estimate of drug-likeness (QED) is 0.361. The summed E-state index contributed by atoms with van der Waals surface area (Å²) in [5.74, 6) is 1.20. The fourth-order valence-corrected chi connectivity index (χ4v) is 4.12. The molecule has 1 saturated carbocycles. The van der Waals surface area contributed by atoms with E-state index >= 15 is 0 Å². The molecule has 3 aromatic rings. The first kappa shape index (κ1) is 24.7. The summed E-state index contributed by atoms with van der Waals surface area (Å²) < 4.78 is 7.95. The molecule has 0 radical (unpaired) electrons. The Hall–Kier alpha value is -2.46. The van der Waals surface area contributed by atoms with Crippen LogP contribution in [0.3, 0.4) is 0 Å². The molecule has 1 aliphatic rings. The van der Waals surface area contributed by atoms with Crippen LogP contribution in [0.1, 0.15) is 31.7 Å². The summed E-state index contributed by atoms with van der Waals surface area (Å²) in [6.07, 6.45) is 4.79. The number of fused-ring (bicyclic) bond motifs is 1. The number of benzene rings is 1. The van der Waals surface area contributed by atoms with Gasteiger partial charge in [-0.25, -0.2) is 9.67 Å². The van der Waals surface area contributed by atoms with Gasteiger partial charge >= 0.3 is 0 Å². The number of pyridine rings is 1. The van der Waals surface area contributed by atoms with Crippen molar-refractivity contribution >= 4 is 40.1 Å². The summed E-state index contributed by atoms with van der Waals surface area (Å²) in [5.41, 5.74) is 2.22. The molecule has 1 amide bonds. The average Bonchev–Trinajstić information content (AvgIpc) is 3.56. The highest BCUT2D eigenvalue weighted by Gasteiger charge is 2.24. The summed E-state index contributed by atoms with van der Waals surface area (Å²) in [5, 5.41) is 21.8. The Balaban J connectivity index is 1.44. The lowest BCUT2D eigenvalue weighted by molar-refractivity contribution is -0.134. The Morgan fingerprint density at radius 3 is 2.88 bits per heavy atom. The van der Waals surface area contributed by atoms with Crippen molar-refractivity contribution in [2.45, 2.75) is 39.3 Å². The first-order chi connectivity index (χ1) is 16.5. The van der Waals surface area contributed by atoms with Crippen molar-refractivity contribution in [3.8, 4) is 11.6 Å². The van der Waals surface area contributed by atoms with Gasteiger partial charge in [-0.15, -0.1) is 5.10 Å². The molecule has 2 heterocycles. The molecule has 1 aromatic carbocycles. The molecule has 4 rings (SSSR count). The molecule has 0 aliphatic heterocycles. The third kappa shape index (κ3) is 5.96. The molecule has 34 heavy (non-hydrogen) atoms. The van der Waals surface area contributed by atoms with Gasteiger partial charge in [-0.05, 0) is 43.4 Å². The van der Waals surface area contributed by atoms with Crippen LogP contribution in [0.4, 0.5) is 0 Å². The second-order valence-electron chi connectivity index (χ2n) is 8.40. The summed E-state index contributed by atoms with van der Waals surface area (Å²) in [6.45, 7) is 4.39. The first-order valence-corrected chi connectivity index (χ1v) is 12.2. The molecule has 0 unspecified atom stereocenters. The number of aromatic nitrogens is 4. The molecular formula is C23H28Cl2N6O3. The normalized spacial score (nSPS) is 13.4. The lowest BCUT2D eigenvalue weighted by Crippen LogP contribution is -2.38. The molecule has 1 aliphatic carbocycles. The minimum atomic E-state index is -0.490. The van der Waals surface area contributed by atoms with Crippen molar-refractivity contribution in [1.29, 1.82) is 0 Å². The van der Waals surface area contributed by atoms with E-state index in [1.807, 2.05) is 17.7 Å². The van der Waals surface area contributed by atoms with E-state index in [4.69, 9.17) is 33.0 Å². The topological polar surface area (TPSA) is 105 Å². The van der Waals surface area contributed by atoms with Crippen LogP contribution in [0.25, 0.3) is 11.0 Å². The van der Waals surface area contributed by atoms with Gasteiger partial charge in [0.05, 0.1) is 10.5 Å². The SMILES string of the molecule is CCCN(CCNCc1cc(Cl)cnc1Oc1ccc2c(nnn2CC2CC2)c1Cl)C(=O)CO. The van der Waals surface area contributed by atoms with E-state index in [9.17, 15) is 4.79 Å². The van der Waals surface area contributed by atoms with Crippen molar-refractivity contribution in [1.82, 2.24) is 30.2 Å². The Kier molecular flexibility index (Phi) is 8.20. The highest BCUT2D eigenvalue weighted by Crippen LogP contribution is 2.37. The zero-order chi connectivity index (χ0) is 24.1. The van der Waals surface area contributed by atoms with Gasteiger partial charge in [0, 0.05) is 44.5 Å². The van der Waals surface area contributed by atoms with Crippen LogP contribution in [-0.2, 0) is 17.9 Å². The van der Waals surface area contributed by atoms with E-state index in [1.165, 1.54) is 19.0 Å². The number of amides is 1. The number of halogens is 2. The summed E-state index contributed by atoms with van der Waals surface area (Å²) in [4.78, 5) is 17.8. The molecule has 11 heteroatoms. The maximum atomic E-state index is 11.8. The van der Waals surface area contributed by atoms with Gasteiger partial charge in [-0.3, -0.25) is 4.79 Å². The highest BCUT2D eigenvalue weighted by molar-refractivity contribution is 6.36. The molecule has 9 nitrogen and oxygen atoms in total. The minimum Gasteiger partial charge on any atom is -0.437 e. The fraction of sp³-hybridized carbons (Fsp3) is 0.478. The second-order valence-corrected chi connectivity index (χ2v) is 9.21. The van der Waals surface area contributed by atoms with Crippen LogP contribution in [0.5, 0.6) is 11.6 Å². The predicted molar refractivity (Wildman–Crippen MR) is 130 cm³/mol. The zero-order valence-electron chi connectivity index (χ0n) is 19.0. The zero-order valence-corrected chi connectivity index (χ0v) is 20.5. The molecule has 2 aromatic heterocycles. The van der Waals surface area contributed by atoms with E-state index in [0.717, 1.165) is 24.0 Å². The number of aliphatic hydroxyl groups excluding tert-OH is 1. The number of hydrogen-bond acceptors (Lipinski definition) is 7. The van der Waals surface area contributed by atoms with E-state index in [2.05, 4.69) is 20.6 Å². The number of carbonyl (C=O) groups excluding carboxylic acids is 1. The molecule has 0 atom stereocenters. The van der Waals surface area contributed by atoms with E-state index in [0.29, 0.717) is 59.3 Å². The number of aliphatic hydroxyl groups is 1. The van der Waals surface area contributed by atoms with Crippen LogP contribution in [-0.4, -0.2) is 62.1 Å². The van der Waals surface area contributed by atoms with Crippen molar-refractivity contribution in [3.05, 3.63) is 40.0 Å². The van der Waals surface area contributed by atoms with Crippen molar-refractivity contribution in [3.63, 3.8) is 0 Å². The Labute approximate surface area is 208 Å². The third-order valence-corrected chi connectivity index (χ3v) is 6.24. The number of rotatable bonds is 12. The lowest BCUT2D eigenvalue weighted by atomic mass is 10.2. The summed E-state index contributed by atoms with van der Waals surface area (Å²) in [7, 11) is 0. The molecular weight excluding hydrogens is 479 g/mol. The van der Waals surface area contributed by atoms with Crippen LogP contribution in [0.2, 0.25) is 10.0 Å². The minimum absolute atomic E-state index is 0.281. The highest BCUT2D eigenvalue weighted by atomic mass is 35.5. The number of hydrogen-bond donors (Lipinski definition) is 2. The average molecular weight is 507 g/mol. The fourth-order valence-electron chi connectivity index (χ4n) is 3.70. The van der Waals surface area contributed by atoms with Gasteiger partial charge in [0.25, 0.3) is 0 Å². The van der Waals surface area contributed by atoms with Gasteiger partial charge in [0.15, 0.2) is 5.75 Å². The van der Waals surface area contributed by atoms with E-state index in [-0.39, 0.29) is 5.91 Å². The maximum Gasteiger partial charge on any atom is 0.248 e. The molecule has 0 bridgehead atoms. The van der Waals surface area contributed by atoms with Crippen molar-refractivity contribution in [2.75, 3.05) is 26.2 Å². The third-order valence-electron chi connectivity index (χ3n) is 5.67. The smallest absolute Gasteiger partial charge is 0.248 e. The first-order valence-electron chi connectivity index (χ1n) is 11.4. The van der Waals surface area contributed by atoms with Gasteiger partial charge in [-0.2, -0.15) is 0 Å². The van der Waals surface area contributed by atoms with E-state index in [1.54, 1.807) is 17.0 Å². The van der Waals surface area contributed by atoms with Gasteiger partial charge in [0.1, 0.15) is 17.1 Å². The van der Waals surface area contributed by atoms with Gasteiger partial charge in [0.2, 0.25) is 11.8 Å². The van der Waals surface area contributed by atoms with Crippen LogP contribution in [0.15, 0.2) is 24.4 Å². The van der Waals surface area contributed by atoms with Gasteiger partial charge < -0.3 is 20.1 Å². The summed E-state index contributed by atoms with van der Waals surface area (Å²) >= 11 is 12.8. The molecule has 1 fully saturated rings. The Morgan fingerprint density at radius 2 is 2.15 bits per heavy atom. The predicted octanol–water partition coefficient (Wildman–Crippen LogP) is 3.66. The Bertz CT molecular complexity index is 1150. The maximum absolute atomic E-state index is 11.8. The summed E-state index contributed by atoms with van der Waals surface area (Å²) in [6, 6.07) is 5.49. The number of ether oxygens (including phenoxy) is 1. The van der Waals surface area contributed by atoms with Gasteiger partial charge in [-0.1, -0.05) is 35.3 Å². The second kappa shape index (κ2) is 11.3. The molecule has 0 saturated heterocycles. The lowest BCUT2D eigenvalue weighted by Gasteiger charge is -2.21. The monoisotopic (exact) mass is 506 g/mol. The Morgan fingerprint density at radius 1 is 1.32 bits per heavy atom. The number of nitrogens with one attached hydrogen (secondary N) is 1. The largest absolute Gasteiger partial charge is 0.437 e.